The van der Waals surface area contributed by atoms with Crippen molar-refractivity contribution in [3.8, 4) is 5.75 Å². The summed E-state index contributed by atoms with van der Waals surface area (Å²) < 4.78 is 7.90. The second kappa shape index (κ2) is 10.8. The van der Waals surface area contributed by atoms with Crippen LogP contribution in [0, 0.1) is 6.92 Å². The van der Waals surface area contributed by atoms with Gasteiger partial charge in [-0.3, -0.25) is 0 Å². The van der Waals surface area contributed by atoms with E-state index >= 15 is 0 Å². The summed E-state index contributed by atoms with van der Waals surface area (Å²) in [7, 11) is 0. The van der Waals surface area contributed by atoms with Crippen molar-refractivity contribution in [1.82, 2.24) is 14.9 Å². The molecule has 0 aliphatic heterocycles. The fourth-order valence-electron chi connectivity index (χ4n) is 3.62. The third-order valence-electron chi connectivity index (χ3n) is 5.54. The van der Waals surface area contributed by atoms with E-state index in [0.29, 0.717) is 11.6 Å². The summed E-state index contributed by atoms with van der Waals surface area (Å²) in [6, 6.07) is 28.4. The van der Waals surface area contributed by atoms with Gasteiger partial charge in [-0.2, -0.15) is 9.78 Å². The molecule has 0 saturated heterocycles. The van der Waals surface area contributed by atoms with Gasteiger partial charge in [0.1, 0.15) is 18.7 Å². The average molecular weight is 499 g/mol. The Morgan fingerprint density at radius 2 is 1.71 bits per heavy atom. The molecule has 0 aliphatic rings. The van der Waals surface area contributed by atoms with Crippen molar-refractivity contribution < 1.29 is 4.74 Å². The summed E-state index contributed by atoms with van der Waals surface area (Å²) in [5.74, 6) is 1.54. The third kappa shape index (κ3) is 5.73. The van der Waals surface area contributed by atoms with E-state index < -0.39 is 0 Å². The molecular formula is C28H23ClN4OS. The molecule has 0 bridgehead atoms. The minimum atomic E-state index is 0.431. The summed E-state index contributed by atoms with van der Waals surface area (Å²) in [6.07, 6.45) is 3.44. The van der Waals surface area contributed by atoms with E-state index in [4.69, 9.17) is 16.3 Å². The molecule has 5 aromatic rings. The predicted octanol–water partition coefficient (Wildman–Crippen LogP) is 7.15. The van der Waals surface area contributed by atoms with Crippen molar-refractivity contribution in [2.24, 2.45) is 5.10 Å². The van der Waals surface area contributed by atoms with E-state index in [9.17, 15) is 0 Å². The van der Waals surface area contributed by atoms with Crippen LogP contribution < -0.4 is 4.74 Å². The van der Waals surface area contributed by atoms with Gasteiger partial charge in [0.25, 0.3) is 0 Å². The van der Waals surface area contributed by atoms with E-state index in [-0.39, 0.29) is 0 Å². The first-order chi connectivity index (χ1) is 17.2. The third-order valence-corrected chi connectivity index (χ3v) is 6.79. The monoisotopic (exact) mass is 498 g/mol. The van der Waals surface area contributed by atoms with Crippen molar-refractivity contribution in [1.29, 1.82) is 0 Å². The van der Waals surface area contributed by atoms with Crippen LogP contribution in [0.3, 0.4) is 0 Å². The molecule has 4 aromatic carbocycles. The van der Waals surface area contributed by atoms with Crippen LogP contribution in [0.15, 0.2) is 102 Å². The predicted molar refractivity (Wildman–Crippen MR) is 143 cm³/mol. The minimum Gasteiger partial charge on any atom is -0.488 e. The normalized spacial score (nSPS) is 11.4. The number of nitrogens with zero attached hydrogens (tertiary/aromatic N) is 4. The summed E-state index contributed by atoms with van der Waals surface area (Å²) in [5, 5.41) is 16.6. The lowest BCUT2D eigenvalue weighted by molar-refractivity contribution is 0.306. The van der Waals surface area contributed by atoms with Gasteiger partial charge < -0.3 is 4.74 Å². The second-order valence-electron chi connectivity index (χ2n) is 8.09. The van der Waals surface area contributed by atoms with Crippen LogP contribution in [-0.2, 0) is 12.4 Å². The molecule has 0 spiro atoms. The van der Waals surface area contributed by atoms with Gasteiger partial charge in [0, 0.05) is 16.3 Å². The second-order valence-corrected chi connectivity index (χ2v) is 9.47. The van der Waals surface area contributed by atoms with Gasteiger partial charge in [-0.15, -0.1) is 10.2 Å². The number of thioether (sulfide) groups is 1. The maximum absolute atomic E-state index is 6.21. The SMILES string of the molecule is Cc1ccc(CSc2nncn2/N=C/c2c(OCc3ccc(Cl)cc3)ccc3ccccc23)cc1. The summed E-state index contributed by atoms with van der Waals surface area (Å²) in [4.78, 5) is 0. The van der Waals surface area contributed by atoms with Crippen LogP contribution in [-0.4, -0.2) is 21.1 Å². The average Bonchev–Trinajstić information content (AvgIpc) is 3.34. The molecule has 0 unspecified atom stereocenters. The maximum atomic E-state index is 6.21. The van der Waals surface area contributed by atoms with Crippen molar-refractivity contribution in [3.05, 3.63) is 119 Å². The van der Waals surface area contributed by atoms with Crippen LogP contribution in [0.25, 0.3) is 10.8 Å². The molecule has 1 aromatic heterocycles. The van der Waals surface area contributed by atoms with Gasteiger partial charge in [-0.25, -0.2) is 0 Å². The molecule has 5 nitrogen and oxygen atoms in total. The standard InChI is InChI=1S/C28H23ClN4OS/c1-20-6-8-22(9-7-20)18-35-28-32-30-19-33(28)31-16-26-25-5-3-2-4-23(25)12-15-27(26)34-17-21-10-13-24(29)14-11-21/h2-16,19H,17-18H2,1H3/b31-16+. The van der Waals surface area contributed by atoms with Gasteiger partial charge in [-0.05, 0) is 47.0 Å². The first-order valence-electron chi connectivity index (χ1n) is 11.2. The van der Waals surface area contributed by atoms with Gasteiger partial charge in [0.2, 0.25) is 5.16 Å². The molecule has 174 valence electrons. The number of hydrogen-bond acceptors (Lipinski definition) is 5. The summed E-state index contributed by atoms with van der Waals surface area (Å²) in [6.45, 7) is 2.52. The van der Waals surface area contributed by atoms with Crippen LogP contribution in [0.5, 0.6) is 5.75 Å². The molecule has 0 fully saturated rings. The van der Waals surface area contributed by atoms with Crippen molar-refractivity contribution in [2.75, 3.05) is 0 Å². The quantitative estimate of drug-likeness (QED) is 0.168. The Morgan fingerprint density at radius 1 is 0.943 bits per heavy atom. The Labute approximate surface area is 213 Å². The van der Waals surface area contributed by atoms with E-state index in [1.54, 1.807) is 22.8 Å². The molecule has 0 amide bonds. The summed E-state index contributed by atoms with van der Waals surface area (Å²) >= 11 is 7.61. The first-order valence-corrected chi connectivity index (χ1v) is 12.5. The number of halogens is 1. The van der Waals surface area contributed by atoms with Crippen LogP contribution in [0.2, 0.25) is 5.02 Å². The maximum Gasteiger partial charge on any atom is 0.212 e. The molecule has 35 heavy (non-hydrogen) atoms. The highest BCUT2D eigenvalue weighted by atomic mass is 35.5. The van der Waals surface area contributed by atoms with E-state index in [1.807, 2.05) is 48.7 Å². The Morgan fingerprint density at radius 3 is 2.54 bits per heavy atom. The molecule has 0 aliphatic carbocycles. The molecule has 7 heteroatoms. The van der Waals surface area contributed by atoms with Crippen molar-refractivity contribution in [3.63, 3.8) is 0 Å². The molecule has 0 radical (unpaired) electrons. The number of fused-ring (bicyclic) bond motifs is 1. The van der Waals surface area contributed by atoms with Crippen molar-refractivity contribution >= 4 is 40.3 Å². The highest BCUT2D eigenvalue weighted by Crippen LogP contribution is 2.28. The lowest BCUT2D eigenvalue weighted by Crippen LogP contribution is -2.00. The molecular weight excluding hydrogens is 476 g/mol. The molecule has 0 saturated carbocycles. The highest BCUT2D eigenvalue weighted by Gasteiger charge is 2.10. The van der Waals surface area contributed by atoms with Crippen molar-refractivity contribution in [2.45, 2.75) is 24.4 Å². The molecule has 5 rings (SSSR count). The number of rotatable bonds is 8. The lowest BCUT2D eigenvalue weighted by Gasteiger charge is -2.12. The van der Waals surface area contributed by atoms with E-state index in [1.165, 1.54) is 11.1 Å². The largest absolute Gasteiger partial charge is 0.488 e. The number of hydrogen-bond donors (Lipinski definition) is 0. The fraction of sp³-hybridized carbons (Fsp3) is 0.107. The number of ether oxygens (including phenoxy) is 1. The highest BCUT2D eigenvalue weighted by molar-refractivity contribution is 7.98. The number of aromatic nitrogens is 3. The summed E-state index contributed by atoms with van der Waals surface area (Å²) in [5.41, 5.74) is 4.42. The van der Waals surface area contributed by atoms with Gasteiger partial charge in [0.15, 0.2) is 0 Å². The zero-order valence-corrected chi connectivity index (χ0v) is 20.7. The minimum absolute atomic E-state index is 0.431. The Balaban J connectivity index is 1.39. The van der Waals surface area contributed by atoms with Crippen LogP contribution >= 0.6 is 23.4 Å². The number of aryl methyl sites for hydroxylation is 1. The van der Waals surface area contributed by atoms with Gasteiger partial charge in [-0.1, -0.05) is 95.7 Å². The molecule has 0 atom stereocenters. The molecule has 1 heterocycles. The Bertz CT molecular complexity index is 1460. The van der Waals surface area contributed by atoms with Crippen LogP contribution in [0.1, 0.15) is 22.3 Å². The lowest BCUT2D eigenvalue weighted by atomic mass is 10.0. The Hall–Kier alpha value is -3.61. The van der Waals surface area contributed by atoms with E-state index in [2.05, 4.69) is 64.7 Å². The van der Waals surface area contributed by atoms with E-state index in [0.717, 1.165) is 38.6 Å². The van der Waals surface area contributed by atoms with Gasteiger partial charge >= 0.3 is 0 Å². The number of benzene rings is 4. The topological polar surface area (TPSA) is 52.3 Å². The molecule has 0 N–H and O–H groups in total. The van der Waals surface area contributed by atoms with Gasteiger partial charge in [0.05, 0.1) is 6.21 Å². The first kappa shape index (κ1) is 23.1. The van der Waals surface area contributed by atoms with Crippen LogP contribution in [0.4, 0.5) is 0 Å². The fourth-order valence-corrected chi connectivity index (χ4v) is 4.57. The Kier molecular flexibility index (Phi) is 7.12. The zero-order chi connectivity index (χ0) is 24.0. The zero-order valence-electron chi connectivity index (χ0n) is 19.1. The smallest absolute Gasteiger partial charge is 0.212 e.